The molecule has 4 N–H and O–H groups in total. The number of aromatic nitrogens is 1. The molecule has 0 atom stereocenters. The van der Waals surface area contributed by atoms with Gasteiger partial charge in [0.15, 0.2) is 5.96 Å². The van der Waals surface area contributed by atoms with Crippen LogP contribution < -0.4 is 15.8 Å². The topological polar surface area (TPSA) is 95.7 Å². The molecule has 0 spiro atoms. The van der Waals surface area contributed by atoms with Crippen LogP contribution in [0, 0.1) is 0 Å². The zero-order valence-corrected chi connectivity index (χ0v) is 16.3. The zero-order chi connectivity index (χ0) is 20.1. The molecule has 0 bridgehead atoms. The highest BCUT2D eigenvalue weighted by molar-refractivity contribution is 6.06. The van der Waals surface area contributed by atoms with E-state index in [4.69, 9.17) is 10.5 Å². The third kappa shape index (κ3) is 4.69. The molecule has 3 rings (SSSR count). The molecule has 0 fully saturated rings. The molecule has 0 aliphatic heterocycles. The second-order valence-electron chi connectivity index (χ2n) is 6.81. The third-order valence-electron chi connectivity index (χ3n) is 4.23. The van der Waals surface area contributed by atoms with Crippen LogP contribution in [0.5, 0.6) is 5.75 Å². The molecule has 1 amide bonds. The van der Waals surface area contributed by atoms with Gasteiger partial charge in [-0.05, 0) is 37.4 Å². The molecule has 2 aromatic carbocycles. The van der Waals surface area contributed by atoms with E-state index in [1.54, 1.807) is 6.07 Å². The van der Waals surface area contributed by atoms with Crippen LogP contribution in [0.15, 0.2) is 53.5 Å². The normalized spacial score (nSPS) is 11.8. The Morgan fingerprint density at radius 2 is 1.93 bits per heavy atom. The molecule has 0 unspecified atom stereocenters. The first-order valence-corrected chi connectivity index (χ1v) is 8.97. The standard InChI is InChI=1S/C21H25N5O2/c1-23-21(22)25-20(27)17-11-16-8-5-9-18(19(16)24-17)28-13-15-7-4-6-14(10-15)12-26(2)3/h4-11,24H,12-13H2,1-3H3,(H3,22,23,25,27). The number of guanidine groups is 1. The second-order valence-corrected chi connectivity index (χ2v) is 6.81. The summed E-state index contributed by atoms with van der Waals surface area (Å²) in [6.45, 7) is 1.32. The number of para-hydroxylation sites is 1. The average Bonchev–Trinajstić information content (AvgIpc) is 3.11. The van der Waals surface area contributed by atoms with Gasteiger partial charge in [0, 0.05) is 19.0 Å². The summed E-state index contributed by atoms with van der Waals surface area (Å²) in [6.07, 6.45) is 0. The Hall–Kier alpha value is -3.32. The van der Waals surface area contributed by atoms with E-state index in [2.05, 4.69) is 32.3 Å². The number of aromatic amines is 1. The van der Waals surface area contributed by atoms with Crippen molar-refractivity contribution >= 4 is 22.8 Å². The van der Waals surface area contributed by atoms with Gasteiger partial charge < -0.3 is 20.4 Å². The highest BCUT2D eigenvalue weighted by Gasteiger charge is 2.13. The van der Waals surface area contributed by atoms with Gasteiger partial charge in [-0.25, -0.2) is 0 Å². The molecule has 1 aromatic heterocycles. The Balaban J connectivity index is 1.77. The van der Waals surface area contributed by atoms with Gasteiger partial charge in [-0.2, -0.15) is 0 Å². The minimum atomic E-state index is -0.346. The lowest BCUT2D eigenvalue weighted by molar-refractivity contribution is 0.0972. The summed E-state index contributed by atoms with van der Waals surface area (Å²) in [5.41, 5.74) is 9.05. The maximum absolute atomic E-state index is 12.3. The fourth-order valence-corrected chi connectivity index (χ4v) is 2.95. The van der Waals surface area contributed by atoms with Crippen LogP contribution in [0.3, 0.4) is 0 Å². The maximum atomic E-state index is 12.3. The van der Waals surface area contributed by atoms with Crippen molar-refractivity contribution in [2.24, 2.45) is 10.7 Å². The van der Waals surface area contributed by atoms with E-state index >= 15 is 0 Å². The highest BCUT2D eigenvalue weighted by Crippen LogP contribution is 2.26. The number of amides is 1. The molecule has 0 saturated carbocycles. The summed E-state index contributed by atoms with van der Waals surface area (Å²) in [5.74, 6) is 0.408. The number of H-pyrrole nitrogens is 1. The lowest BCUT2D eigenvalue weighted by Gasteiger charge is -2.12. The number of hydrogen-bond acceptors (Lipinski definition) is 4. The molecule has 0 saturated heterocycles. The Morgan fingerprint density at radius 1 is 1.18 bits per heavy atom. The van der Waals surface area contributed by atoms with E-state index < -0.39 is 0 Å². The first-order chi connectivity index (χ1) is 13.5. The van der Waals surface area contributed by atoms with Gasteiger partial charge in [0.1, 0.15) is 18.1 Å². The lowest BCUT2D eigenvalue weighted by Crippen LogP contribution is -2.36. The fraction of sp³-hybridized carbons (Fsp3) is 0.238. The molecule has 0 aliphatic rings. The summed E-state index contributed by atoms with van der Waals surface area (Å²) in [5, 5.41) is 3.40. The Bertz CT molecular complexity index is 1010. The van der Waals surface area contributed by atoms with Gasteiger partial charge >= 0.3 is 0 Å². The third-order valence-corrected chi connectivity index (χ3v) is 4.23. The predicted molar refractivity (Wildman–Crippen MR) is 111 cm³/mol. The number of aliphatic imine (C=N–C) groups is 1. The van der Waals surface area contributed by atoms with Crippen LogP contribution in [0.2, 0.25) is 0 Å². The summed E-state index contributed by atoms with van der Waals surface area (Å²) in [6, 6.07) is 15.8. The van der Waals surface area contributed by atoms with Crippen molar-refractivity contribution in [1.82, 2.24) is 15.2 Å². The zero-order valence-electron chi connectivity index (χ0n) is 16.3. The van der Waals surface area contributed by atoms with E-state index in [1.807, 2.05) is 44.4 Å². The molecule has 146 valence electrons. The van der Waals surface area contributed by atoms with Gasteiger partial charge in [-0.3, -0.25) is 15.1 Å². The van der Waals surface area contributed by atoms with E-state index in [1.165, 1.54) is 12.6 Å². The van der Waals surface area contributed by atoms with Crippen molar-refractivity contribution in [3.8, 4) is 5.75 Å². The van der Waals surface area contributed by atoms with E-state index in [-0.39, 0.29) is 11.9 Å². The van der Waals surface area contributed by atoms with Gasteiger partial charge in [-0.1, -0.05) is 36.4 Å². The molecule has 0 radical (unpaired) electrons. The summed E-state index contributed by atoms with van der Waals surface area (Å²) >= 11 is 0. The fourth-order valence-electron chi connectivity index (χ4n) is 2.95. The minimum Gasteiger partial charge on any atom is -0.487 e. The van der Waals surface area contributed by atoms with Gasteiger partial charge in [0.25, 0.3) is 5.91 Å². The minimum absolute atomic E-state index is 0.0673. The Labute approximate surface area is 164 Å². The Morgan fingerprint density at radius 3 is 2.68 bits per heavy atom. The van der Waals surface area contributed by atoms with Crippen LogP contribution in [0.1, 0.15) is 21.6 Å². The summed E-state index contributed by atoms with van der Waals surface area (Å²) < 4.78 is 6.04. The number of nitrogens with two attached hydrogens (primary N) is 1. The van der Waals surface area contributed by atoms with E-state index in [0.717, 1.165) is 23.0 Å². The van der Waals surface area contributed by atoms with Crippen LogP contribution in [-0.4, -0.2) is 42.9 Å². The monoisotopic (exact) mass is 379 g/mol. The molecule has 3 aromatic rings. The molecule has 0 aliphatic carbocycles. The number of hydrogen-bond donors (Lipinski definition) is 3. The number of rotatable bonds is 6. The van der Waals surface area contributed by atoms with Crippen molar-refractivity contribution in [2.75, 3.05) is 21.1 Å². The quantitative estimate of drug-likeness (QED) is 0.453. The van der Waals surface area contributed by atoms with Gasteiger partial charge in [0.2, 0.25) is 0 Å². The van der Waals surface area contributed by atoms with Crippen molar-refractivity contribution in [1.29, 1.82) is 0 Å². The lowest BCUT2D eigenvalue weighted by atomic mass is 10.1. The van der Waals surface area contributed by atoms with Crippen LogP contribution >= 0.6 is 0 Å². The number of nitrogens with zero attached hydrogens (tertiary/aromatic N) is 2. The van der Waals surface area contributed by atoms with E-state index in [9.17, 15) is 4.79 Å². The van der Waals surface area contributed by atoms with Gasteiger partial charge in [-0.15, -0.1) is 0 Å². The number of nitrogens with one attached hydrogen (secondary N) is 2. The first-order valence-electron chi connectivity index (χ1n) is 8.97. The second kappa shape index (κ2) is 8.58. The van der Waals surface area contributed by atoms with Crippen LogP contribution in [-0.2, 0) is 13.2 Å². The van der Waals surface area contributed by atoms with Crippen LogP contribution in [0.25, 0.3) is 10.9 Å². The predicted octanol–water partition coefficient (Wildman–Crippen LogP) is 2.48. The van der Waals surface area contributed by atoms with E-state index in [0.29, 0.717) is 18.1 Å². The summed E-state index contributed by atoms with van der Waals surface area (Å²) in [7, 11) is 5.60. The Kier molecular flexibility index (Phi) is 5.96. The van der Waals surface area contributed by atoms with Crippen LogP contribution in [0.4, 0.5) is 0 Å². The number of carbonyl (C=O) groups is 1. The number of benzene rings is 2. The number of ether oxygens (including phenoxy) is 1. The highest BCUT2D eigenvalue weighted by atomic mass is 16.5. The first kappa shape index (κ1) is 19.4. The average molecular weight is 379 g/mol. The number of fused-ring (bicyclic) bond motifs is 1. The SMILES string of the molecule is CN=C(N)NC(=O)c1cc2cccc(OCc3cccc(CN(C)C)c3)c2[nH]1. The molecule has 7 heteroatoms. The molecular weight excluding hydrogens is 354 g/mol. The van der Waals surface area contributed by atoms with Gasteiger partial charge in [0.05, 0.1) is 5.52 Å². The molecule has 28 heavy (non-hydrogen) atoms. The smallest absolute Gasteiger partial charge is 0.274 e. The van der Waals surface area contributed by atoms with Crippen molar-refractivity contribution in [3.63, 3.8) is 0 Å². The van der Waals surface area contributed by atoms with Crippen molar-refractivity contribution in [2.45, 2.75) is 13.2 Å². The molecular formula is C21H25N5O2. The molecule has 7 nitrogen and oxygen atoms in total. The van der Waals surface area contributed by atoms with Crippen molar-refractivity contribution < 1.29 is 9.53 Å². The van der Waals surface area contributed by atoms with Crippen molar-refractivity contribution in [3.05, 3.63) is 65.4 Å². The number of carbonyl (C=O) groups excluding carboxylic acids is 1. The maximum Gasteiger partial charge on any atom is 0.274 e. The largest absolute Gasteiger partial charge is 0.487 e. The molecule has 1 heterocycles. The summed E-state index contributed by atoms with van der Waals surface area (Å²) in [4.78, 5) is 21.2.